The summed E-state index contributed by atoms with van der Waals surface area (Å²) < 4.78 is 1.99. The van der Waals surface area contributed by atoms with E-state index < -0.39 is 0 Å². The number of rotatable bonds is 5. The van der Waals surface area contributed by atoms with Crippen molar-refractivity contribution in [3.05, 3.63) is 52.3 Å². The molecule has 0 fully saturated rings. The maximum atomic E-state index is 4.47. The van der Waals surface area contributed by atoms with E-state index in [1.54, 1.807) is 0 Å². The first kappa shape index (κ1) is 14.8. The van der Waals surface area contributed by atoms with Crippen LogP contribution in [-0.4, -0.2) is 16.3 Å². The summed E-state index contributed by atoms with van der Waals surface area (Å²) in [4.78, 5) is 0. The third kappa shape index (κ3) is 3.48. The highest BCUT2D eigenvalue weighted by Gasteiger charge is 2.16. The first-order valence-corrected chi connectivity index (χ1v) is 7.30. The van der Waals surface area contributed by atoms with Crippen molar-refractivity contribution in [3.8, 4) is 0 Å². The van der Waals surface area contributed by atoms with Gasteiger partial charge in [-0.05, 0) is 45.4 Å². The molecule has 1 aromatic carbocycles. The molecule has 0 aliphatic carbocycles. The van der Waals surface area contributed by atoms with E-state index in [0.29, 0.717) is 6.04 Å². The minimum absolute atomic E-state index is 0.312. The highest BCUT2D eigenvalue weighted by molar-refractivity contribution is 5.30. The third-order valence-corrected chi connectivity index (χ3v) is 3.57. The quantitative estimate of drug-likeness (QED) is 0.904. The maximum absolute atomic E-state index is 4.47. The number of benzene rings is 1. The molecule has 2 rings (SSSR count). The van der Waals surface area contributed by atoms with Crippen LogP contribution in [0.2, 0.25) is 0 Å². The van der Waals surface area contributed by atoms with Crippen molar-refractivity contribution in [1.82, 2.24) is 15.1 Å². The highest BCUT2D eigenvalue weighted by atomic mass is 15.3. The summed E-state index contributed by atoms with van der Waals surface area (Å²) in [5, 5.41) is 8.05. The van der Waals surface area contributed by atoms with Crippen LogP contribution in [0.4, 0.5) is 0 Å². The molecule has 3 heteroatoms. The van der Waals surface area contributed by atoms with E-state index in [9.17, 15) is 0 Å². The molecule has 1 atom stereocenters. The number of hydrogen-bond acceptors (Lipinski definition) is 2. The molecular weight excluding hydrogens is 246 g/mol. The molecule has 1 aromatic heterocycles. The van der Waals surface area contributed by atoms with Crippen LogP contribution in [0.25, 0.3) is 0 Å². The lowest BCUT2D eigenvalue weighted by Crippen LogP contribution is -2.25. The van der Waals surface area contributed by atoms with Crippen LogP contribution in [0.3, 0.4) is 0 Å². The smallest absolute Gasteiger partial charge is 0.0597 e. The van der Waals surface area contributed by atoms with E-state index in [0.717, 1.165) is 18.7 Å². The molecule has 2 aromatic rings. The Labute approximate surface area is 122 Å². The molecule has 20 heavy (non-hydrogen) atoms. The number of hydrogen-bond donors (Lipinski definition) is 1. The standard InChI is InChI=1S/C17H25N3/c1-6-18-16(17-10-14(4)19-20(17)5)11-15-8-12(2)7-13(3)9-15/h7-10,16,18H,6,11H2,1-5H3. The van der Waals surface area contributed by atoms with Crippen molar-refractivity contribution < 1.29 is 0 Å². The van der Waals surface area contributed by atoms with Gasteiger partial charge in [0.15, 0.2) is 0 Å². The summed E-state index contributed by atoms with van der Waals surface area (Å²) >= 11 is 0. The van der Waals surface area contributed by atoms with Crippen molar-refractivity contribution in [2.45, 2.75) is 40.2 Å². The molecule has 3 nitrogen and oxygen atoms in total. The molecule has 0 aliphatic rings. The first-order chi connectivity index (χ1) is 9.49. The fraction of sp³-hybridized carbons (Fsp3) is 0.471. The van der Waals surface area contributed by atoms with Crippen molar-refractivity contribution in [2.24, 2.45) is 7.05 Å². The predicted molar refractivity (Wildman–Crippen MR) is 84.0 cm³/mol. The summed E-state index contributed by atoms with van der Waals surface area (Å²) in [5.74, 6) is 0. The Kier molecular flexibility index (Phi) is 4.61. The average Bonchev–Trinajstić information content (AvgIpc) is 2.66. The summed E-state index contributed by atoms with van der Waals surface area (Å²) in [5.41, 5.74) is 6.37. The first-order valence-electron chi connectivity index (χ1n) is 7.30. The second-order valence-electron chi connectivity index (χ2n) is 5.64. The van der Waals surface area contributed by atoms with Crippen LogP contribution < -0.4 is 5.32 Å². The van der Waals surface area contributed by atoms with Gasteiger partial charge in [-0.1, -0.05) is 36.2 Å². The molecule has 0 aliphatic heterocycles. The topological polar surface area (TPSA) is 29.9 Å². The van der Waals surface area contributed by atoms with Gasteiger partial charge in [0.25, 0.3) is 0 Å². The minimum Gasteiger partial charge on any atom is -0.309 e. The Balaban J connectivity index is 2.27. The number of nitrogens with one attached hydrogen (secondary N) is 1. The van der Waals surface area contributed by atoms with Gasteiger partial charge < -0.3 is 5.32 Å². The molecule has 108 valence electrons. The van der Waals surface area contributed by atoms with Crippen molar-refractivity contribution in [2.75, 3.05) is 6.54 Å². The fourth-order valence-corrected chi connectivity index (χ4v) is 2.91. The Morgan fingerprint density at radius 2 is 1.75 bits per heavy atom. The summed E-state index contributed by atoms with van der Waals surface area (Å²) in [6, 6.07) is 9.27. The van der Waals surface area contributed by atoms with E-state index in [2.05, 4.69) is 55.5 Å². The average molecular weight is 271 g/mol. The molecule has 0 spiro atoms. The van der Waals surface area contributed by atoms with E-state index in [1.165, 1.54) is 22.4 Å². The molecule has 0 radical (unpaired) electrons. The van der Waals surface area contributed by atoms with Crippen LogP contribution in [0.5, 0.6) is 0 Å². The monoisotopic (exact) mass is 271 g/mol. The van der Waals surface area contributed by atoms with Crippen LogP contribution in [0.1, 0.15) is 41.0 Å². The van der Waals surface area contributed by atoms with E-state index in [1.807, 2.05) is 18.7 Å². The molecule has 0 amide bonds. The van der Waals surface area contributed by atoms with Gasteiger partial charge >= 0.3 is 0 Å². The van der Waals surface area contributed by atoms with Crippen LogP contribution >= 0.6 is 0 Å². The van der Waals surface area contributed by atoms with Crippen molar-refractivity contribution >= 4 is 0 Å². The molecule has 0 saturated carbocycles. The van der Waals surface area contributed by atoms with Gasteiger partial charge in [-0.2, -0.15) is 5.10 Å². The van der Waals surface area contributed by atoms with Crippen LogP contribution in [0, 0.1) is 20.8 Å². The van der Waals surface area contributed by atoms with Gasteiger partial charge in [-0.25, -0.2) is 0 Å². The Bertz CT molecular complexity index is 564. The second-order valence-corrected chi connectivity index (χ2v) is 5.64. The SMILES string of the molecule is CCNC(Cc1cc(C)cc(C)c1)c1cc(C)nn1C. The number of aryl methyl sites for hydroxylation is 4. The van der Waals surface area contributed by atoms with Gasteiger partial charge in [0, 0.05) is 7.05 Å². The van der Waals surface area contributed by atoms with Gasteiger partial charge in [0.2, 0.25) is 0 Å². The Morgan fingerprint density at radius 3 is 2.25 bits per heavy atom. The number of likely N-dealkylation sites (N-methyl/N-ethyl adjacent to an activating group) is 1. The molecule has 0 bridgehead atoms. The second kappa shape index (κ2) is 6.23. The molecular formula is C17H25N3. The zero-order valence-corrected chi connectivity index (χ0v) is 13.2. The molecule has 1 N–H and O–H groups in total. The Hall–Kier alpha value is -1.61. The fourth-order valence-electron chi connectivity index (χ4n) is 2.91. The van der Waals surface area contributed by atoms with E-state index in [-0.39, 0.29) is 0 Å². The zero-order valence-electron chi connectivity index (χ0n) is 13.2. The minimum atomic E-state index is 0.312. The van der Waals surface area contributed by atoms with E-state index >= 15 is 0 Å². The van der Waals surface area contributed by atoms with E-state index in [4.69, 9.17) is 0 Å². The predicted octanol–water partition coefficient (Wildman–Crippen LogP) is 3.24. The van der Waals surface area contributed by atoms with Gasteiger partial charge in [-0.3, -0.25) is 4.68 Å². The number of aromatic nitrogens is 2. The van der Waals surface area contributed by atoms with Crippen molar-refractivity contribution in [3.63, 3.8) is 0 Å². The normalized spacial score (nSPS) is 12.7. The maximum Gasteiger partial charge on any atom is 0.0597 e. The van der Waals surface area contributed by atoms with Crippen molar-refractivity contribution in [1.29, 1.82) is 0 Å². The highest BCUT2D eigenvalue weighted by Crippen LogP contribution is 2.20. The third-order valence-electron chi connectivity index (χ3n) is 3.57. The zero-order chi connectivity index (χ0) is 14.7. The summed E-state index contributed by atoms with van der Waals surface area (Å²) in [7, 11) is 2.02. The lowest BCUT2D eigenvalue weighted by Gasteiger charge is -2.19. The summed E-state index contributed by atoms with van der Waals surface area (Å²) in [6.07, 6.45) is 0.995. The van der Waals surface area contributed by atoms with Gasteiger partial charge in [0.1, 0.15) is 0 Å². The van der Waals surface area contributed by atoms with Crippen LogP contribution in [-0.2, 0) is 13.5 Å². The number of nitrogens with zero attached hydrogens (tertiary/aromatic N) is 2. The van der Waals surface area contributed by atoms with Gasteiger partial charge in [-0.15, -0.1) is 0 Å². The molecule has 1 unspecified atom stereocenters. The lowest BCUT2D eigenvalue weighted by atomic mass is 9.99. The van der Waals surface area contributed by atoms with Crippen LogP contribution in [0.15, 0.2) is 24.3 Å². The lowest BCUT2D eigenvalue weighted by molar-refractivity contribution is 0.507. The largest absolute Gasteiger partial charge is 0.309 e. The van der Waals surface area contributed by atoms with Gasteiger partial charge in [0.05, 0.1) is 17.4 Å². The summed E-state index contributed by atoms with van der Waals surface area (Å²) in [6.45, 7) is 9.47. The molecule has 1 heterocycles. The Morgan fingerprint density at radius 1 is 1.10 bits per heavy atom. The molecule has 0 saturated heterocycles.